The van der Waals surface area contributed by atoms with Crippen LogP contribution in [-0.2, 0) is 17.5 Å². The van der Waals surface area contributed by atoms with Crippen molar-refractivity contribution in [3.05, 3.63) is 29.3 Å². The molecule has 2 fully saturated rings. The van der Waals surface area contributed by atoms with Crippen LogP contribution in [0.5, 0.6) is 5.75 Å². The number of carbonyl (C=O) groups excluding carboxylic acids is 1. The van der Waals surface area contributed by atoms with E-state index < -0.39 is 17.5 Å². The predicted molar refractivity (Wildman–Crippen MR) is 96.9 cm³/mol. The van der Waals surface area contributed by atoms with Gasteiger partial charge in [0.25, 0.3) is 0 Å². The van der Waals surface area contributed by atoms with Gasteiger partial charge in [-0.25, -0.2) is 4.79 Å². The molecule has 2 N–H and O–H groups in total. The number of aromatic hydroxyl groups is 1. The van der Waals surface area contributed by atoms with Gasteiger partial charge in [0.2, 0.25) is 0 Å². The van der Waals surface area contributed by atoms with Gasteiger partial charge in [0.1, 0.15) is 5.75 Å². The van der Waals surface area contributed by atoms with Gasteiger partial charge in [-0.05, 0) is 30.5 Å². The number of benzene rings is 1. The molecule has 2 heterocycles. The van der Waals surface area contributed by atoms with Crippen molar-refractivity contribution in [1.82, 2.24) is 15.1 Å². The minimum Gasteiger partial charge on any atom is -0.507 e. The number of phenols is 1. The lowest BCUT2D eigenvalue weighted by molar-refractivity contribution is -0.222. The highest BCUT2D eigenvalue weighted by molar-refractivity contribution is 5.73. The molecule has 0 bridgehead atoms. The van der Waals surface area contributed by atoms with Gasteiger partial charge in [0, 0.05) is 46.7 Å². The number of nitrogens with zero attached hydrogens (tertiary/aromatic N) is 2. The van der Waals surface area contributed by atoms with Crippen molar-refractivity contribution in [3.63, 3.8) is 0 Å². The number of phenolic OH excluding ortho intramolecular Hbond substituents is 1. The number of ether oxygens (including phenoxy) is 1. The summed E-state index contributed by atoms with van der Waals surface area (Å²) in [7, 11) is 3.36. The van der Waals surface area contributed by atoms with Crippen LogP contribution in [0.1, 0.15) is 30.4 Å². The standard InChI is InChI=1S/C19H26F3N3O3/c1-24(2)17(27)23-11-14-10-18(28-14)5-7-25(8-6-18)12-13-3-4-16(26)15(9-13)19(20,21)22/h3-4,9,14,26H,5-8,10-12H2,1-2H3,(H,23,27). The fourth-order valence-corrected chi connectivity index (χ4v) is 3.84. The van der Waals surface area contributed by atoms with Gasteiger partial charge in [0.05, 0.1) is 17.3 Å². The van der Waals surface area contributed by atoms with Crippen molar-refractivity contribution >= 4 is 6.03 Å². The van der Waals surface area contributed by atoms with E-state index in [9.17, 15) is 23.1 Å². The Bertz CT molecular complexity index is 708. The summed E-state index contributed by atoms with van der Waals surface area (Å²) >= 11 is 0. The summed E-state index contributed by atoms with van der Waals surface area (Å²) < 4.78 is 44.8. The fraction of sp³-hybridized carbons (Fsp3) is 0.632. The number of likely N-dealkylation sites (tertiary alicyclic amines) is 1. The topological polar surface area (TPSA) is 65.0 Å². The van der Waals surface area contributed by atoms with E-state index in [2.05, 4.69) is 10.2 Å². The lowest BCUT2D eigenvalue weighted by atomic mass is 9.80. The summed E-state index contributed by atoms with van der Waals surface area (Å²) in [6.45, 7) is 2.36. The Balaban J connectivity index is 1.46. The van der Waals surface area contributed by atoms with Crippen LogP contribution in [0, 0.1) is 0 Å². The van der Waals surface area contributed by atoms with E-state index in [1.807, 2.05) is 0 Å². The number of alkyl halides is 3. The molecular formula is C19H26F3N3O3. The summed E-state index contributed by atoms with van der Waals surface area (Å²) in [5.41, 5.74) is -0.640. The van der Waals surface area contributed by atoms with E-state index in [0.29, 0.717) is 18.7 Å². The number of urea groups is 1. The average molecular weight is 401 g/mol. The third kappa shape index (κ3) is 4.70. The van der Waals surface area contributed by atoms with Gasteiger partial charge in [-0.3, -0.25) is 4.90 Å². The third-order valence-corrected chi connectivity index (χ3v) is 5.44. The number of piperidine rings is 1. The van der Waals surface area contributed by atoms with Crippen LogP contribution < -0.4 is 5.32 Å². The fourth-order valence-electron chi connectivity index (χ4n) is 3.84. The van der Waals surface area contributed by atoms with E-state index >= 15 is 0 Å². The molecule has 28 heavy (non-hydrogen) atoms. The SMILES string of the molecule is CN(C)C(=O)NCC1CC2(CCN(Cc3ccc(O)c(C(F)(F)F)c3)CC2)O1. The number of amides is 2. The van der Waals surface area contributed by atoms with E-state index in [1.165, 1.54) is 11.0 Å². The molecule has 2 aliphatic rings. The molecule has 2 amide bonds. The molecule has 9 heteroatoms. The molecule has 1 unspecified atom stereocenters. The number of hydrogen-bond acceptors (Lipinski definition) is 4. The zero-order valence-electron chi connectivity index (χ0n) is 16.1. The maximum absolute atomic E-state index is 12.9. The van der Waals surface area contributed by atoms with Crippen molar-refractivity contribution in [2.75, 3.05) is 33.7 Å². The van der Waals surface area contributed by atoms with Gasteiger partial charge >= 0.3 is 12.2 Å². The Morgan fingerprint density at radius 2 is 2.00 bits per heavy atom. The molecule has 1 aromatic rings. The predicted octanol–water partition coefficient (Wildman–Crippen LogP) is 2.81. The highest BCUT2D eigenvalue weighted by atomic mass is 19.4. The Morgan fingerprint density at radius 3 is 2.57 bits per heavy atom. The van der Waals surface area contributed by atoms with E-state index in [0.717, 1.165) is 44.5 Å². The maximum atomic E-state index is 12.9. The van der Waals surface area contributed by atoms with E-state index in [-0.39, 0.29) is 17.7 Å². The molecule has 6 nitrogen and oxygen atoms in total. The van der Waals surface area contributed by atoms with Gasteiger partial charge in [-0.1, -0.05) is 6.07 Å². The normalized spacial score (nSPS) is 22.0. The van der Waals surface area contributed by atoms with Crippen molar-refractivity contribution in [1.29, 1.82) is 0 Å². The smallest absolute Gasteiger partial charge is 0.419 e. The number of nitrogens with one attached hydrogen (secondary N) is 1. The van der Waals surface area contributed by atoms with Gasteiger partial charge in [-0.2, -0.15) is 13.2 Å². The molecule has 3 rings (SSSR count). The second kappa shape index (κ2) is 7.79. The van der Waals surface area contributed by atoms with Crippen LogP contribution in [0.15, 0.2) is 18.2 Å². The second-order valence-electron chi connectivity index (χ2n) is 7.83. The van der Waals surface area contributed by atoms with Crippen LogP contribution in [0.4, 0.5) is 18.0 Å². The summed E-state index contributed by atoms with van der Waals surface area (Å²) in [6.07, 6.45) is -2.04. The summed E-state index contributed by atoms with van der Waals surface area (Å²) in [5, 5.41) is 12.2. The van der Waals surface area contributed by atoms with E-state index in [4.69, 9.17) is 4.74 Å². The molecule has 0 saturated carbocycles. The maximum Gasteiger partial charge on any atom is 0.419 e. The van der Waals surface area contributed by atoms with Crippen molar-refractivity contribution < 1.29 is 27.8 Å². The van der Waals surface area contributed by atoms with Gasteiger partial charge in [0.15, 0.2) is 0 Å². The second-order valence-corrected chi connectivity index (χ2v) is 7.83. The lowest BCUT2D eigenvalue weighted by Crippen LogP contribution is -2.59. The molecule has 2 saturated heterocycles. The first-order valence-electron chi connectivity index (χ1n) is 9.32. The quantitative estimate of drug-likeness (QED) is 0.815. The molecule has 0 aliphatic carbocycles. The highest BCUT2D eigenvalue weighted by Gasteiger charge is 2.47. The monoisotopic (exact) mass is 401 g/mol. The lowest BCUT2D eigenvalue weighted by Gasteiger charge is -2.52. The zero-order valence-corrected chi connectivity index (χ0v) is 16.1. The van der Waals surface area contributed by atoms with Crippen LogP contribution >= 0.6 is 0 Å². The minimum atomic E-state index is -4.57. The minimum absolute atomic E-state index is 0.0156. The van der Waals surface area contributed by atoms with Crippen LogP contribution in [0.3, 0.4) is 0 Å². The average Bonchev–Trinajstić information content (AvgIpc) is 2.59. The first-order chi connectivity index (χ1) is 13.1. The van der Waals surface area contributed by atoms with Crippen molar-refractivity contribution in [2.45, 2.75) is 43.7 Å². The Morgan fingerprint density at radius 1 is 1.36 bits per heavy atom. The van der Waals surface area contributed by atoms with E-state index in [1.54, 1.807) is 14.1 Å². The number of carbonyl (C=O) groups is 1. The molecule has 156 valence electrons. The Hall–Kier alpha value is -2.00. The zero-order chi connectivity index (χ0) is 20.5. The molecule has 1 atom stereocenters. The first-order valence-corrected chi connectivity index (χ1v) is 9.32. The first kappa shape index (κ1) is 20.7. The third-order valence-electron chi connectivity index (χ3n) is 5.44. The molecule has 2 aliphatic heterocycles. The van der Waals surface area contributed by atoms with Crippen molar-refractivity contribution in [3.8, 4) is 5.75 Å². The summed E-state index contributed by atoms with van der Waals surface area (Å²) in [4.78, 5) is 15.1. The number of halogens is 3. The number of rotatable bonds is 4. The van der Waals surface area contributed by atoms with Crippen molar-refractivity contribution in [2.24, 2.45) is 0 Å². The molecule has 1 spiro atoms. The van der Waals surface area contributed by atoms with Crippen LogP contribution in [0.25, 0.3) is 0 Å². The highest BCUT2D eigenvalue weighted by Crippen LogP contribution is 2.41. The van der Waals surface area contributed by atoms with Gasteiger partial charge in [-0.15, -0.1) is 0 Å². The van der Waals surface area contributed by atoms with Gasteiger partial charge < -0.3 is 20.1 Å². The summed E-state index contributed by atoms with van der Waals surface area (Å²) in [6, 6.07) is 3.50. The molecule has 0 radical (unpaired) electrons. The molecule has 0 aromatic heterocycles. The van der Waals surface area contributed by atoms with Crippen LogP contribution in [0.2, 0.25) is 0 Å². The molecule has 1 aromatic carbocycles. The number of hydrogen-bond donors (Lipinski definition) is 2. The largest absolute Gasteiger partial charge is 0.507 e. The summed E-state index contributed by atoms with van der Waals surface area (Å²) in [5.74, 6) is -0.746. The Labute approximate surface area is 162 Å². The van der Waals surface area contributed by atoms with Crippen LogP contribution in [-0.4, -0.2) is 66.4 Å². The molecular weight excluding hydrogens is 375 g/mol. The Kier molecular flexibility index (Phi) is 5.77.